The highest BCUT2D eigenvalue weighted by molar-refractivity contribution is 5.57. The Bertz CT molecular complexity index is 385. The second-order valence-electron chi connectivity index (χ2n) is 4.86. The van der Waals surface area contributed by atoms with Gasteiger partial charge in [-0.05, 0) is 34.4 Å². The molecule has 88 valence electrons. The first-order chi connectivity index (χ1) is 7.32. The Kier molecular flexibility index (Phi) is 3.47. The fraction of sp³-hybridized carbons (Fsp3) is 0.545. The number of pyridine rings is 1. The summed E-state index contributed by atoms with van der Waals surface area (Å²) in [4.78, 5) is 14.0. The van der Waals surface area contributed by atoms with Crippen molar-refractivity contribution in [2.24, 2.45) is 5.41 Å². The molecule has 1 unspecified atom stereocenters. The van der Waals surface area contributed by atoms with E-state index in [1.165, 1.54) is 6.20 Å². The average molecular weight is 223 g/mol. The number of hydrogen-bond acceptors (Lipinski definition) is 4. The maximum absolute atomic E-state index is 10.8. The van der Waals surface area contributed by atoms with Crippen LogP contribution < -0.4 is 5.32 Å². The molecular formula is C11H17N3O2. The fourth-order valence-electron chi connectivity index (χ4n) is 1.10. The van der Waals surface area contributed by atoms with Crippen molar-refractivity contribution in [1.82, 2.24) is 4.98 Å². The van der Waals surface area contributed by atoms with Gasteiger partial charge in [-0.25, -0.2) is 0 Å². The zero-order valence-electron chi connectivity index (χ0n) is 10.0. The lowest BCUT2D eigenvalue weighted by Crippen LogP contribution is -2.31. The first-order valence-electron chi connectivity index (χ1n) is 5.18. The quantitative estimate of drug-likeness (QED) is 0.632. The van der Waals surface area contributed by atoms with E-state index in [1.807, 2.05) is 6.92 Å². The van der Waals surface area contributed by atoms with Gasteiger partial charge in [-0.2, -0.15) is 0 Å². The van der Waals surface area contributed by atoms with Gasteiger partial charge in [-0.3, -0.25) is 0 Å². The van der Waals surface area contributed by atoms with Gasteiger partial charge in [0.05, 0.1) is 0 Å². The molecule has 1 atom stereocenters. The van der Waals surface area contributed by atoms with Crippen LogP contribution in [0, 0.1) is 15.5 Å². The van der Waals surface area contributed by atoms with Crippen LogP contribution in [0.15, 0.2) is 18.3 Å². The van der Waals surface area contributed by atoms with Gasteiger partial charge in [-0.1, -0.05) is 20.8 Å². The predicted octanol–water partition coefficient (Wildman–Crippen LogP) is 2.84. The summed E-state index contributed by atoms with van der Waals surface area (Å²) < 4.78 is 0. The molecule has 0 spiro atoms. The lowest BCUT2D eigenvalue weighted by Gasteiger charge is -2.28. The molecule has 1 N–H and O–H groups in total. The third kappa shape index (κ3) is 2.92. The molecule has 1 heterocycles. The Labute approximate surface area is 95.0 Å². The highest BCUT2D eigenvalue weighted by Crippen LogP contribution is 2.26. The van der Waals surface area contributed by atoms with E-state index in [1.54, 1.807) is 12.1 Å². The fourth-order valence-corrected chi connectivity index (χ4v) is 1.10. The van der Waals surface area contributed by atoms with Crippen molar-refractivity contribution in [1.29, 1.82) is 0 Å². The Morgan fingerprint density at radius 1 is 1.50 bits per heavy atom. The van der Waals surface area contributed by atoms with Crippen molar-refractivity contribution in [2.75, 3.05) is 5.32 Å². The molecule has 0 saturated heterocycles. The van der Waals surface area contributed by atoms with Gasteiger partial charge in [0.25, 0.3) is 0 Å². The van der Waals surface area contributed by atoms with Crippen LogP contribution in [0.1, 0.15) is 27.7 Å². The summed E-state index contributed by atoms with van der Waals surface area (Å²) in [6, 6.07) is 3.48. The summed E-state index contributed by atoms with van der Waals surface area (Å²) in [6.07, 6.45) is 1.42. The van der Waals surface area contributed by atoms with E-state index in [9.17, 15) is 10.1 Å². The van der Waals surface area contributed by atoms with Crippen LogP contribution >= 0.6 is 0 Å². The number of anilines is 1. The monoisotopic (exact) mass is 223 g/mol. The lowest BCUT2D eigenvalue weighted by molar-refractivity contribution is -0.388. The van der Waals surface area contributed by atoms with Crippen molar-refractivity contribution in [3.8, 4) is 0 Å². The summed E-state index contributed by atoms with van der Waals surface area (Å²) in [5, 5.41) is 13.9. The SMILES string of the molecule is CC(Nc1cccnc1[N+](=O)[O-])C(C)(C)C. The number of nitrogens with zero attached hydrogens (tertiary/aromatic N) is 2. The molecular weight excluding hydrogens is 206 g/mol. The Morgan fingerprint density at radius 2 is 2.12 bits per heavy atom. The van der Waals surface area contributed by atoms with Gasteiger partial charge in [0, 0.05) is 6.04 Å². The van der Waals surface area contributed by atoms with E-state index in [0.717, 1.165) is 0 Å². The highest BCUT2D eigenvalue weighted by Gasteiger charge is 2.23. The van der Waals surface area contributed by atoms with Crippen molar-refractivity contribution in [3.05, 3.63) is 28.4 Å². The van der Waals surface area contributed by atoms with Gasteiger partial charge < -0.3 is 15.4 Å². The maximum Gasteiger partial charge on any atom is 0.386 e. The second-order valence-corrected chi connectivity index (χ2v) is 4.86. The van der Waals surface area contributed by atoms with Crippen LogP contribution in [0.2, 0.25) is 0 Å². The van der Waals surface area contributed by atoms with E-state index < -0.39 is 4.92 Å². The van der Waals surface area contributed by atoms with Gasteiger partial charge in [0.2, 0.25) is 0 Å². The van der Waals surface area contributed by atoms with Crippen molar-refractivity contribution < 1.29 is 4.92 Å². The van der Waals surface area contributed by atoms with Gasteiger partial charge in [0.1, 0.15) is 11.9 Å². The largest absolute Gasteiger partial charge is 0.386 e. The van der Waals surface area contributed by atoms with Crippen molar-refractivity contribution in [2.45, 2.75) is 33.7 Å². The summed E-state index contributed by atoms with van der Waals surface area (Å²) in [6.45, 7) is 8.23. The lowest BCUT2D eigenvalue weighted by atomic mass is 9.88. The van der Waals surface area contributed by atoms with Crippen LogP contribution in [0.4, 0.5) is 11.5 Å². The van der Waals surface area contributed by atoms with E-state index in [-0.39, 0.29) is 17.3 Å². The minimum atomic E-state index is -0.474. The van der Waals surface area contributed by atoms with Crippen LogP contribution in [-0.4, -0.2) is 15.9 Å². The third-order valence-corrected chi connectivity index (χ3v) is 2.63. The first-order valence-corrected chi connectivity index (χ1v) is 5.18. The summed E-state index contributed by atoms with van der Waals surface area (Å²) in [7, 11) is 0. The second kappa shape index (κ2) is 4.47. The van der Waals surface area contributed by atoms with Gasteiger partial charge in [0.15, 0.2) is 0 Å². The number of rotatable bonds is 3. The molecule has 0 bridgehead atoms. The van der Waals surface area contributed by atoms with E-state index >= 15 is 0 Å². The molecule has 0 fully saturated rings. The Hall–Kier alpha value is -1.65. The minimum absolute atomic E-state index is 0.0315. The summed E-state index contributed by atoms with van der Waals surface area (Å²) in [5.74, 6) is -0.126. The normalized spacial score (nSPS) is 13.2. The topological polar surface area (TPSA) is 68.1 Å². The van der Waals surface area contributed by atoms with Crippen molar-refractivity contribution >= 4 is 11.5 Å². The number of nitro groups is 1. The molecule has 0 aromatic carbocycles. The van der Waals surface area contributed by atoms with Crippen LogP contribution in [0.5, 0.6) is 0 Å². The minimum Gasteiger partial charge on any atom is -0.375 e. The van der Waals surface area contributed by atoms with E-state index in [2.05, 4.69) is 31.1 Å². The van der Waals surface area contributed by atoms with Crippen molar-refractivity contribution in [3.63, 3.8) is 0 Å². The molecule has 1 aromatic rings. The molecule has 5 nitrogen and oxygen atoms in total. The zero-order valence-corrected chi connectivity index (χ0v) is 10.0. The molecule has 0 aliphatic rings. The van der Waals surface area contributed by atoms with Gasteiger partial charge in [-0.15, -0.1) is 0 Å². The highest BCUT2D eigenvalue weighted by atomic mass is 16.6. The number of nitrogens with one attached hydrogen (secondary N) is 1. The molecule has 0 radical (unpaired) electrons. The molecule has 5 heteroatoms. The summed E-state index contributed by atoms with van der Waals surface area (Å²) in [5.41, 5.74) is 0.499. The average Bonchev–Trinajstić information content (AvgIpc) is 2.16. The van der Waals surface area contributed by atoms with E-state index in [4.69, 9.17) is 0 Å². The number of hydrogen-bond donors (Lipinski definition) is 1. The molecule has 0 aliphatic heterocycles. The van der Waals surface area contributed by atoms with Crippen LogP contribution in [-0.2, 0) is 0 Å². The zero-order chi connectivity index (χ0) is 12.3. The standard InChI is InChI=1S/C11H17N3O2/c1-8(11(2,3)4)13-9-6-5-7-12-10(9)14(15)16/h5-8,13H,1-4H3. The van der Waals surface area contributed by atoms with Crippen LogP contribution in [0.25, 0.3) is 0 Å². The molecule has 1 aromatic heterocycles. The molecule has 16 heavy (non-hydrogen) atoms. The molecule has 0 aliphatic carbocycles. The summed E-state index contributed by atoms with van der Waals surface area (Å²) >= 11 is 0. The first kappa shape index (κ1) is 12.4. The predicted molar refractivity (Wildman–Crippen MR) is 63.4 cm³/mol. The molecule has 1 rings (SSSR count). The third-order valence-electron chi connectivity index (χ3n) is 2.63. The smallest absolute Gasteiger partial charge is 0.375 e. The van der Waals surface area contributed by atoms with Gasteiger partial charge >= 0.3 is 5.82 Å². The molecule has 0 amide bonds. The molecule has 0 saturated carbocycles. The Morgan fingerprint density at radius 3 is 2.62 bits per heavy atom. The maximum atomic E-state index is 10.8. The van der Waals surface area contributed by atoms with Crippen LogP contribution in [0.3, 0.4) is 0 Å². The Balaban J connectivity index is 2.93. The van der Waals surface area contributed by atoms with E-state index in [0.29, 0.717) is 5.69 Å². The number of aromatic nitrogens is 1.